The van der Waals surface area contributed by atoms with Gasteiger partial charge in [-0.05, 0) is 56.5 Å². The lowest BCUT2D eigenvalue weighted by Crippen LogP contribution is -2.33. The fourth-order valence-corrected chi connectivity index (χ4v) is 2.70. The zero-order chi connectivity index (χ0) is 17.9. The summed E-state index contributed by atoms with van der Waals surface area (Å²) in [6.07, 6.45) is 0. The van der Waals surface area contributed by atoms with Gasteiger partial charge in [0.05, 0.1) is 6.54 Å². The Hall–Kier alpha value is -2.53. The van der Waals surface area contributed by atoms with Crippen LogP contribution in [-0.2, 0) is 4.79 Å². The summed E-state index contributed by atoms with van der Waals surface area (Å²) in [6.45, 7) is 7.64. The minimum Gasteiger partial charge on any atom is -0.399 e. The van der Waals surface area contributed by atoms with E-state index in [1.54, 1.807) is 18.2 Å². The monoisotopic (exact) mass is 361 g/mol. The predicted molar refractivity (Wildman–Crippen MR) is 104 cm³/mol. The number of nitrogen functional groups attached to an aromatic ring is 1. The van der Waals surface area contributed by atoms with Gasteiger partial charge in [-0.1, -0.05) is 23.8 Å². The van der Waals surface area contributed by atoms with E-state index in [4.69, 9.17) is 5.73 Å². The summed E-state index contributed by atoms with van der Waals surface area (Å²) in [5, 5.41) is 5.49. The van der Waals surface area contributed by atoms with Crippen LogP contribution in [0.25, 0.3) is 0 Å². The molecule has 0 bridgehead atoms. The predicted octanol–water partition coefficient (Wildman–Crippen LogP) is 3.29. The normalized spacial score (nSPS) is 9.92. The van der Waals surface area contributed by atoms with Crippen molar-refractivity contribution in [1.29, 1.82) is 0 Å². The van der Waals surface area contributed by atoms with Crippen molar-refractivity contribution in [3.63, 3.8) is 0 Å². The lowest BCUT2D eigenvalue weighted by molar-refractivity contribution is -0.115. The third-order valence-corrected chi connectivity index (χ3v) is 3.86. The van der Waals surface area contributed by atoms with Crippen LogP contribution >= 0.6 is 12.4 Å². The average Bonchev–Trinajstić information content (AvgIpc) is 2.50. The number of hydrogen-bond acceptors (Lipinski definition) is 3. The molecule has 2 aromatic carbocycles. The third kappa shape index (κ3) is 5.22. The molecule has 2 aromatic rings. The third-order valence-electron chi connectivity index (χ3n) is 3.86. The second-order valence-corrected chi connectivity index (χ2v) is 6.08. The summed E-state index contributed by atoms with van der Waals surface area (Å²) in [7, 11) is 0. The molecule has 0 radical (unpaired) electrons. The van der Waals surface area contributed by atoms with E-state index in [0.29, 0.717) is 11.3 Å². The van der Waals surface area contributed by atoms with Crippen LogP contribution in [0.2, 0.25) is 0 Å². The molecule has 0 aliphatic rings. The van der Waals surface area contributed by atoms with E-state index in [1.807, 2.05) is 39.8 Å². The maximum Gasteiger partial charge on any atom is 0.252 e. The van der Waals surface area contributed by atoms with Crippen LogP contribution in [0, 0.1) is 27.7 Å². The van der Waals surface area contributed by atoms with E-state index in [9.17, 15) is 9.59 Å². The number of anilines is 2. The number of nitrogens with two attached hydrogens (primary N) is 1. The number of halogens is 1. The topological polar surface area (TPSA) is 84.2 Å². The van der Waals surface area contributed by atoms with E-state index in [2.05, 4.69) is 10.6 Å². The van der Waals surface area contributed by atoms with Gasteiger partial charge in [-0.25, -0.2) is 0 Å². The number of rotatable bonds is 4. The van der Waals surface area contributed by atoms with Crippen LogP contribution in [0.3, 0.4) is 0 Å². The van der Waals surface area contributed by atoms with E-state index in [-0.39, 0.29) is 30.8 Å². The molecule has 0 aromatic heterocycles. The highest BCUT2D eigenvalue weighted by atomic mass is 35.5. The Labute approximate surface area is 154 Å². The quantitative estimate of drug-likeness (QED) is 0.730. The smallest absolute Gasteiger partial charge is 0.252 e. The lowest BCUT2D eigenvalue weighted by atomic mass is 10.1. The molecule has 5 nitrogen and oxygen atoms in total. The molecule has 0 heterocycles. The van der Waals surface area contributed by atoms with Crippen molar-refractivity contribution in [2.24, 2.45) is 0 Å². The Balaban J connectivity index is 0.00000312. The molecule has 0 atom stereocenters. The zero-order valence-electron chi connectivity index (χ0n) is 14.9. The number of aryl methyl sites for hydroxylation is 4. The molecule has 6 heteroatoms. The van der Waals surface area contributed by atoms with Crippen LogP contribution in [0.15, 0.2) is 30.3 Å². The minimum atomic E-state index is -0.313. The van der Waals surface area contributed by atoms with Gasteiger partial charge < -0.3 is 16.4 Å². The van der Waals surface area contributed by atoms with Gasteiger partial charge in [0.15, 0.2) is 0 Å². The Morgan fingerprint density at radius 2 is 1.56 bits per heavy atom. The number of carbonyl (C=O) groups excluding carboxylic acids is 2. The van der Waals surface area contributed by atoms with Crippen molar-refractivity contribution >= 4 is 35.6 Å². The van der Waals surface area contributed by atoms with Crippen molar-refractivity contribution in [1.82, 2.24) is 5.32 Å². The second kappa shape index (κ2) is 8.53. The lowest BCUT2D eigenvalue weighted by Gasteiger charge is -2.13. The average molecular weight is 362 g/mol. The van der Waals surface area contributed by atoms with Crippen molar-refractivity contribution in [2.45, 2.75) is 27.7 Å². The van der Waals surface area contributed by atoms with E-state index in [1.165, 1.54) is 0 Å². The molecule has 0 fully saturated rings. The number of carbonyl (C=O) groups is 2. The van der Waals surface area contributed by atoms with Crippen molar-refractivity contribution < 1.29 is 9.59 Å². The SMILES string of the molecule is Cc1cc(C)c(NC(=O)CNC(=O)c2cc(N)ccc2C)c(C)c1.Cl. The summed E-state index contributed by atoms with van der Waals surface area (Å²) in [6, 6.07) is 9.15. The minimum absolute atomic E-state index is 0. The summed E-state index contributed by atoms with van der Waals surface area (Å²) in [5.74, 6) is -0.577. The molecule has 4 N–H and O–H groups in total. The summed E-state index contributed by atoms with van der Waals surface area (Å²) < 4.78 is 0. The summed E-state index contributed by atoms with van der Waals surface area (Å²) in [5.41, 5.74) is 11.5. The van der Waals surface area contributed by atoms with Gasteiger partial charge in [-0.3, -0.25) is 9.59 Å². The highest BCUT2D eigenvalue weighted by Gasteiger charge is 2.12. The van der Waals surface area contributed by atoms with Crippen molar-refractivity contribution in [3.05, 3.63) is 58.1 Å². The fraction of sp³-hybridized carbons (Fsp3) is 0.263. The number of nitrogens with one attached hydrogen (secondary N) is 2. The van der Waals surface area contributed by atoms with Gasteiger partial charge >= 0.3 is 0 Å². The zero-order valence-corrected chi connectivity index (χ0v) is 15.7. The van der Waals surface area contributed by atoms with Gasteiger partial charge in [-0.15, -0.1) is 12.4 Å². The highest BCUT2D eigenvalue weighted by molar-refractivity contribution is 6.01. The number of benzene rings is 2. The molecule has 0 unspecified atom stereocenters. The van der Waals surface area contributed by atoms with Crippen molar-refractivity contribution in [3.8, 4) is 0 Å². The molecule has 2 amide bonds. The molecule has 0 aliphatic carbocycles. The first-order valence-electron chi connectivity index (χ1n) is 7.80. The molecule has 0 saturated carbocycles. The molecular formula is C19H24ClN3O2. The molecule has 134 valence electrons. The Morgan fingerprint density at radius 3 is 2.16 bits per heavy atom. The summed E-state index contributed by atoms with van der Waals surface area (Å²) in [4.78, 5) is 24.3. The second-order valence-electron chi connectivity index (χ2n) is 6.08. The van der Waals surface area contributed by atoms with Crippen LogP contribution in [-0.4, -0.2) is 18.4 Å². The van der Waals surface area contributed by atoms with Gasteiger partial charge in [-0.2, -0.15) is 0 Å². The van der Waals surface area contributed by atoms with Crippen LogP contribution in [0.5, 0.6) is 0 Å². The molecule has 2 rings (SSSR count). The van der Waals surface area contributed by atoms with E-state index >= 15 is 0 Å². The fourth-order valence-electron chi connectivity index (χ4n) is 2.70. The van der Waals surface area contributed by atoms with Crippen LogP contribution < -0.4 is 16.4 Å². The van der Waals surface area contributed by atoms with Gasteiger partial charge in [0, 0.05) is 16.9 Å². The largest absolute Gasteiger partial charge is 0.399 e. The number of amides is 2. The molecule has 0 aliphatic heterocycles. The van der Waals surface area contributed by atoms with Gasteiger partial charge in [0.2, 0.25) is 5.91 Å². The van der Waals surface area contributed by atoms with Crippen molar-refractivity contribution in [2.75, 3.05) is 17.6 Å². The highest BCUT2D eigenvalue weighted by Crippen LogP contribution is 2.21. The van der Waals surface area contributed by atoms with Gasteiger partial charge in [0.25, 0.3) is 5.91 Å². The number of hydrogen-bond donors (Lipinski definition) is 3. The van der Waals surface area contributed by atoms with E-state index < -0.39 is 0 Å². The van der Waals surface area contributed by atoms with Crippen LogP contribution in [0.4, 0.5) is 11.4 Å². The first kappa shape index (κ1) is 20.5. The van der Waals surface area contributed by atoms with E-state index in [0.717, 1.165) is 27.9 Å². The van der Waals surface area contributed by atoms with Gasteiger partial charge in [0.1, 0.15) is 0 Å². The Morgan fingerprint density at radius 1 is 0.960 bits per heavy atom. The maximum absolute atomic E-state index is 12.2. The molecular weight excluding hydrogens is 338 g/mol. The molecule has 0 saturated heterocycles. The first-order valence-corrected chi connectivity index (χ1v) is 7.80. The standard InChI is InChI=1S/C19H23N3O2.ClH/c1-11-7-13(3)18(14(4)8-11)22-17(23)10-21-19(24)16-9-15(20)6-5-12(16)2;/h5-9H,10,20H2,1-4H3,(H,21,24)(H,22,23);1H. The van der Waals surface area contributed by atoms with Crippen LogP contribution in [0.1, 0.15) is 32.6 Å². The molecule has 0 spiro atoms. The Kier molecular flexibility index (Phi) is 7.00. The molecule has 25 heavy (non-hydrogen) atoms. The Bertz CT molecular complexity index is 780. The maximum atomic E-state index is 12.2. The first-order chi connectivity index (χ1) is 11.3. The summed E-state index contributed by atoms with van der Waals surface area (Å²) >= 11 is 0.